The van der Waals surface area contributed by atoms with E-state index in [0.717, 1.165) is 18.3 Å². The summed E-state index contributed by atoms with van der Waals surface area (Å²) in [5.74, 6) is -0.752. The SMILES string of the molecule is Cn1c(C(C)(C)C)c/c(=N\C(=O)c2cc(C#N)ccc2F)n1CC1CCC1. The van der Waals surface area contributed by atoms with Crippen LogP contribution in [0.1, 0.15) is 61.6 Å². The maximum Gasteiger partial charge on any atom is 0.282 e. The minimum Gasteiger partial charge on any atom is -0.291 e. The summed E-state index contributed by atoms with van der Waals surface area (Å²) in [6, 6.07) is 7.57. The van der Waals surface area contributed by atoms with Gasteiger partial charge < -0.3 is 0 Å². The third-order valence-electron chi connectivity index (χ3n) is 5.21. The van der Waals surface area contributed by atoms with Gasteiger partial charge in [0.1, 0.15) is 5.82 Å². The highest BCUT2D eigenvalue weighted by molar-refractivity contribution is 5.95. The van der Waals surface area contributed by atoms with Gasteiger partial charge in [0.25, 0.3) is 5.91 Å². The molecule has 1 saturated carbocycles. The number of halogens is 1. The monoisotopic (exact) mass is 368 g/mol. The number of rotatable bonds is 3. The number of benzene rings is 1. The van der Waals surface area contributed by atoms with E-state index < -0.39 is 11.7 Å². The molecule has 0 spiro atoms. The number of aromatic nitrogens is 2. The Morgan fingerprint density at radius 1 is 1.33 bits per heavy atom. The highest BCUT2D eigenvalue weighted by Gasteiger charge is 2.24. The quantitative estimate of drug-likeness (QED) is 0.830. The summed E-state index contributed by atoms with van der Waals surface area (Å²) < 4.78 is 18.2. The first-order valence-corrected chi connectivity index (χ1v) is 9.26. The fourth-order valence-electron chi connectivity index (χ4n) is 3.42. The second kappa shape index (κ2) is 7.15. The van der Waals surface area contributed by atoms with Crippen LogP contribution in [0.4, 0.5) is 4.39 Å². The molecule has 3 rings (SSSR count). The van der Waals surface area contributed by atoms with Crippen LogP contribution in [0, 0.1) is 23.1 Å². The Bertz CT molecular complexity index is 981. The van der Waals surface area contributed by atoms with Crippen molar-refractivity contribution in [3.63, 3.8) is 0 Å². The average Bonchev–Trinajstić information content (AvgIpc) is 2.87. The summed E-state index contributed by atoms with van der Waals surface area (Å²) in [6.07, 6.45) is 3.59. The third kappa shape index (κ3) is 3.87. The number of amides is 1. The molecule has 1 fully saturated rings. The van der Waals surface area contributed by atoms with Crippen molar-refractivity contribution in [2.45, 2.75) is 52.0 Å². The lowest BCUT2D eigenvalue weighted by Gasteiger charge is -2.27. The lowest BCUT2D eigenvalue weighted by Crippen LogP contribution is -2.30. The molecule has 1 aliphatic rings. The standard InChI is InChI=1S/C21H25FN4O/c1-21(2,3)18-11-19(26(25(18)4)13-14-6-5-7-14)24-20(27)16-10-15(12-23)8-9-17(16)22/h8-11,14H,5-7,13H2,1-4H3/b24-19+. The lowest BCUT2D eigenvalue weighted by atomic mass is 9.85. The van der Waals surface area contributed by atoms with Crippen molar-refractivity contribution in [3.05, 3.63) is 52.4 Å². The molecule has 1 amide bonds. The van der Waals surface area contributed by atoms with Gasteiger partial charge in [-0.1, -0.05) is 27.2 Å². The molecule has 1 aromatic carbocycles. The second-order valence-corrected chi connectivity index (χ2v) is 8.26. The van der Waals surface area contributed by atoms with E-state index in [0.29, 0.717) is 11.4 Å². The van der Waals surface area contributed by atoms with Crippen molar-refractivity contribution < 1.29 is 9.18 Å². The highest BCUT2D eigenvalue weighted by Crippen LogP contribution is 2.28. The molecule has 0 saturated heterocycles. The predicted molar refractivity (Wildman–Crippen MR) is 100 cm³/mol. The van der Waals surface area contributed by atoms with Crippen LogP contribution < -0.4 is 5.49 Å². The van der Waals surface area contributed by atoms with Crippen molar-refractivity contribution in [3.8, 4) is 6.07 Å². The number of nitrogens with zero attached hydrogens (tertiary/aromatic N) is 4. The summed E-state index contributed by atoms with van der Waals surface area (Å²) in [5, 5.41) is 9.01. The molecule has 1 aromatic heterocycles. The summed E-state index contributed by atoms with van der Waals surface area (Å²) >= 11 is 0. The predicted octanol–water partition coefficient (Wildman–Crippen LogP) is 3.68. The van der Waals surface area contributed by atoms with Crippen molar-refractivity contribution in [1.29, 1.82) is 5.26 Å². The summed E-state index contributed by atoms with van der Waals surface area (Å²) in [4.78, 5) is 16.9. The molecule has 0 N–H and O–H groups in total. The fourth-order valence-corrected chi connectivity index (χ4v) is 3.42. The molecule has 2 aromatic rings. The molecule has 0 bridgehead atoms. The lowest BCUT2D eigenvalue weighted by molar-refractivity contribution is 0.0992. The number of hydrogen-bond acceptors (Lipinski definition) is 2. The first-order chi connectivity index (χ1) is 12.7. The van der Waals surface area contributed by atoms with E-state index in [4.69, 9.17) is 5.26 Å². The van der Waals surface area contributed by atoms with Gasteiger partial charge in [-0.25, -0.2) is 4.39 Å². The van der Waals surface area contributed by atoms with E-state index in [1.165, 1.54) is 31.4 Å². The Kier molecular flexibility index (Phi) is 5.05. The van der Waals surface area contributed by atoms with Crippen molar-refractivity contribution in [1.82, 2.24) is 9.36 Å². The van der Waals surface area contributed by atoms with E-state index in [9.17, 15) is 9.18 Å². The fraction of sp³-hybridized carbons (Fsp3) is 0.476. The Morgan fingerprint density at radius 3 is 2.59 bits per heavy atom. The van der Waals surface area contributed by atoms with Gasteiger partial charge in [0.2, 0.25) is 0 Å². The number of hydrogen-bond donors (Lipinski definition) is 0. The number of carbonyl (C=O) groups is 1. The highest BCUT2D eigenvalue weighted by atomic mass is 19.1. The van der Waals surface area contributed by atoms with Gasteiger partial charge in [-0.2, -0.15) is 10.3 Å². The van der Waals surface area contributed by atoms with Gasteiger partial charge in [0.05, 0.1) is 17.2 Å². The Hall–Kier alpha value is -2.68. The molecule has 142 valence electrons. The topological polar surface area (TPSA) is 63.1 Å². The maximum absolute atomic E-state index is 14.1. The second-order valence-electron chi connectivity index (χ2n) is 8.26. The summed E-state index contributed by atoms with van der Waals surface area (Å²) in [6.45, 7) is 7.12. The molecule has 0 unspecified atom stereocenters. The molecule has 0 aliphatic heterocycles. The van der Waals surface area contributed by atoms with Crippen LogP contribution in [0.25, 0.3) is 0 Å². The summed E-state index contributed by atoms with van der Waals surface area (Å²) in [7, 11) is 1.97. The van der Waals surface area contributed by atoms with Crippen LogP contribution in [0.3, 0.4) is 0 Å². The van der Waals surface area contributed by atoms with Crippen molar-refractivity contribution >= 4 is 5.91 Å². The summed E-state index contributed by atoms with van der Waals surface area (Å²) in [5.41, 5.74) is 1.53. The zero-order valence-electron chi connectivity index (χ0n) is 16.3. The number of carbonyl (C=O) groups excluding carboxylic acids is 1. The normalized spacial score (nSPS) is 15.5. The van der Waals surface area contributed by atoms with Gasteiger partial charge in [-0.3, -0.25) is 14.2 Å². The molecular weight excluding hydrogens is 343 g/mol. The zero-order chi connectivity index (χ0) is 19.8. The van der Waals surface area contributed by atoms with Crippen LogP contribution in [0.5, 0.6) is 0 Å². The van der Waals surface area contributed by atoms with E-state index in [-0.39, 0.29) is 16.5 Å². The van der Waals surface area contributed by atoms with Crippen LogP contribution in [0.15, 0.2) is 29.3 Å². The third-order valence-corrected chi connectivity index (χ3v) is 5.21. The molecule has 27 heavy (non-hydrogen) atoms. The minimum absolute atomic E-state index is 0.112. The van der Waals surface area contributed by atoms with E-state index in [1.807, 2.05) is 28.5 Å². The molecule has 5 nitrogen and oxygen atoms in total. The zero-order valence-corrected chi connectivity index (χ0v) is 16.3. The van der Waals surface area contributed by atoms with Crippen LogP contribution >= 0.6 is 0 Å². The molecule has 6 heteroatoms. The molecular formula is C21H25FN4O. The van der Waals surface area contributed by atoms with Crippen molar-refractivity contribution in [2.24, 2.45) is 18.0 Å². The maximum atomic E-state index is 14.1. The van der Waals surface area contributed by atoms with Crippen LogP contribution in [-0.2, 0) is 19.0 Å². The van der Waals surface area contributed by atoms with E-state index in [2.05, 4.69) is 25.8 Å². The Morgan fingerprint density at radius 2 is 2.04 bits per heavy atom. The smallest absolute Gasteiger partial charge is 0.282 e. The molecule has 1 heterocycles. The number of nitriles is 1. The van der Waals surface area contributed by atoms with Crippen LogP contribution in [0.2, 0.25) is 0 Å². The molecule has 0 radical (unpaired) electrons. The average molecular weight is 368 g/mol. The molecule has 1 aliphatic carbocycles. The molecule has 0 atom stereocenters. The van der Waals surface area contributed by atoms with E-state index in [1.54, 1.807) is 0 Å². The largest absolute Gasteiger partial charge is 0.291 e. The van der Waals surface area contributed by atoms with Crippen molar-refractivity contribution in [2.75, 3.05) is 0 Å². The van der Waals surface area contributed by atoms with E-state index >= 15 is 0 Å². The van der Waals surface area contributed by atoms with Gasteiger partial charge in [0, 0.05) is 30.8 Å². The Labute approximate surface area is 158 Å². The Balaban J connectivity index is 2.09. The van der Waals surface area contributed by atoms with Crippen LogP contribution in [-0.4, -0.2) is 15.3 Å². The first kappa shape index (κ1) is 19.1. The van der Waals surface area contributed by atoms with Gasteiger partial charge in [-0.05, 0) is 37.0 Å². The van der Waals surface area contributed by atoms with Gasteiger partial charge >= 0.3 is 0 Å². The van der Waals surface area contributed by atoms with Gasteiger partial charge in [-0.15, -0.1) is 0 Å². The minimum atomic E-state index is -0.669. The van der Waals surface area contributed by atoms with Gasteiger partial charge in [0.15, 0.2) is 5.49 Å². The first-order valence-electron chi connectivity index (χ1n) is 9.26.